The van der Waals surface area contributed by atoms with Crippen LogP contribution in [0.3, 0.4) is 0 Å². The third-order valence-corrected chi connectivity index (χ3v) is 7.63. The number of carbonyl (C=O) groups excluding carboxylic acids is 1. The number of rotatable bonds is 6. The maximum Gasteiger partial charge on any atom is 0.407 e. The molecule has 2 amide bonds. The van der Waals surface area contributed by atoms with E-state index in [0.29, 0.717) is 37.0 Å². The summed E-state index contributed by atoms with van der Waals surface area (Å²) in [7, 11) is 1.56. The van der Waals surface area contributed by atoms with Crippen LogP contribution < -0.4 is 15.8 Å². The molecule has 0 bridgehead atoms. The van der Waals surface area contributed by atoms with E-state index in [4.69, 9.17) is 0 Å². The first-order valence-corrected chi connectivity index (χ1v) is 13.2. The van der Waals surface area contributed by atoms with Gasteiger partial charge in [0.1, 0.15) is 0 Å². The number of nitrogens with one attached hydrogen (secondary N) is 1. The second-order valence-electron chi connectivity index (χ2n) is 10.2. The van der Waals surface area contributed by atoms with Gasteiger partial charge < -0.3 is 29.9 Å². The number of fused-ring (bicyclic) bond motifs is 1. The summed E-state index contributed by atoms with van der Waals surface area (Å²) in [6.07, 6.45) is -0.304. The summed E-state index contributed by atoms with van der Waals surface area (Å²) in [5.41, 5.74) is 2.73. The number of aryl methyl sites for hydroxylation is 1. The predicted molar refractivity (Wildman–Crippen MR) is 154 cm³/mol. The Morgan fingerprint density at radius 1 is 1.00 bits per heavy atom. The van der Waals surface area contributed by atoms with Gasteiger partial charge in [-0.2, -0.15) is 0 Å². The molecule has 1 aliphatic rings. The standard InChI is InChI=1S/C31H32N4O5/c1-20(32-29(37)27-25-13-6-7-14-26(25)33(2)30(38)28(27)36)22-11-8-12-23(18-22)34-15-16-35(31(39)40)24(19-34)17-21-9-4-3-5-10-21/h3-14,18,20,24,36H,15-17,19H2,1-2H3,(H,32,37)(H,39,40)/t20?,24-/m1/s1. The second-order valence-corrected chi connectivity index (χ2v) is 10.2. The van der Waals surface area contributed by atoms with E-state index in [9.17, 15) is 24.6 Å². The number of anilines is 1. The first kappa shape index (κ1) is 26.8. The number of aromatic hydroxyl groups is 1. The summed E-state index contributed by atoms with van der Waals surface area (Å²) < 4.78 is 1.32. The summed E-state index contributed by atoms with van der Waals surface area (Å²) in [5, 5.41) is 23.8. The minimum absolute atomic E-state index is 0.0461. The lowest BCUT2D eigenvalue weighted by atomic mass is 10.0. The monoisotopic (exact) mass is 540 g/mol. The van der Waals surface area contributed by atoms with Crippen LogP contribution in [-0.2, 0) is 13.5 Å². The van der Waals surface area contributed by atoms with E-state index in [1.165, 1.54) is 9.47 Å². The van der Waals surface area contributed by atoms with Crippen LogP contribution in [0.4, 0.5) is 10.5 Å². The molecule has 9 heteroatoms. The molecule has 4 aromatic rings. The van der Waals surface area contributed by atoms with Crippen LogP contribution >= 0.6 is 0 Å². The summed E-state index contributed by atoms with van der Waals surface area (Å²) in [4.78, 5) is 41.5. The van der Waals surface area contributed by atoms with Crippen LogP contribution in [0, 0.1) is 0 Å². The molecule has 0 radical (unpaired) electrons. The van der Waals surface area contributed by atoms with E-state index >= 15 is 0 Å². The van der Waals surface area contributed by atoms with E-state index in [-0.39, 0.29) is 11.6 Å². The highest BCUT2D eigenvalue weighted by molar-refractivity contribution is 6.08. The second kappa shape index (κ2) is 11.1. The minimum atomic E-state index is -0.919. The molecule has 206 valence electrons. The number of hydrogen-bond donors (Lipinski definition) is 3. The van der Waals surface area contributed by atoms with Crippen molar-refractivity contribution < 1.29 is 19.8 Å². The smallest absolute Gasteiger partial charge is 0.407 e. The van der Waals surface area contributed by atoms with Crippen molar-refractivity contribution in [2.24, 2.45) is 7.05 Å². The number of hydrogen-bond acceptors (Lipinski definition) is 5. The number of pyridine rings is 1. The number of nitrogens with zero attached hydrogens (tertiary/aromatic N) is 3. The van der Waals surface area contributed by atoms with E-state index in [1.807, 2.05) is 61.5 Å². The third kappa shape index (κ3) is 5.22. The molecule has 1 fully saturated rings. The van der Waals surface area contributed by atoms with Crippen LogP contribution in [0.15, 0.2) is 83.7 Å². The molecule has 1 aromatic heterocycles. The Balaban J connectivity index is 1.36. The molecule has 1 unspecified atom stereocenters. The molecule has 3 N–H and O–H groups in total. The Hall–Kier alpha value is -4.79. The van der Waals surface area contributed by atoms with Crippen molar-refractivity contribution in [3.63, 3.8) is 0 Å². The van der Waals surface area contributed by atoms with Gasteiger partial charge in [0.05, 0.1) is 23.2 Å². The molecule has 1 aliphatic heterocycles. The Morgan fingerprint density at radius 3 is 2.48 bits per heavy atom. The normalized spacial score (nSPS) is 16.1. The molecule has 0 saturated carbocycles. The quantitative estimate of drug-likeness (QED) is 0.339. The summed E-state index contributed by atoms with van der Waals surface area (Å²) in [6, 6.07) is 24.0. The lowest BCUT2D eigenvalue weighted by Gasteiger charge is -2.41. The number of piperazine rings is 1. The summed E-state index contributed by atoms with van der Waals surface area (Å²) in [6.45, 7) is 3.32. The van der Waals surface area contributed by atoms with Crippen LogP contribution in [-0.4, -0.2) is 57.4 Å². The van der Waals surface area contributed by atoms with E-state index in [1.54, 1.807) is 31.3 Å². The maximum atomic E-state index is 13.3. The Labute approximate surface area is 231 Å². The van der Waals surface area contributed by atoms with Gasteiger partial charge in [-0.05, 0) is 42.7 Å². The molecule has 5 rings (SSSR count). The van der Waals surface area contributed by atoms with Crippen molar-refractivity contribution in [3.05, 3.63) is 106 Å². The van der Waals surface area contributed by atoms with Gasteiger partial charge in [0.25, 0.3) is 11.5 Å². The first-order chi connectivity index (χ1) is 19.2. The fraction of sp³-hybridized carbons (Fsp3) is 0.258. The highest BCUT2D eigenvalue weighted by Crippen LogP contribution is 2.27. The van der Waals surface area contributed by atoms with Crippen molar-refractivity contribution in [1.82, 2.24) is 14.8 Å². The van der Waals surface area contributed by atoms with E-state index in [0.717, 1.165) is 16.8 Å². The largest absolute Gasteiger partial charge is 0.502 e. The summed E-state index contributed by atoms with van der Waals surface area (Å²) >= 11 is 0. The maximum absolute atomic E-state index is 13.3. The van der Waals surface area contributed by atoms with Gasteiger partial charge >= 0.3 is 6.09 Å². The number of para-hydroxylation sites is 1. The number of carboxylic acid groups (broad SMARTS) is 1. The lowest BCUT2D eigenvalue weighted by molar-refractivity contribution is 0.0938. The first-order valence-electron chi connectivity index (χ1n) is 13.2. The average molecular weight is 541 g/mol. The highest BCUT2D eigenvalue weighted by Gasteiger charge is 2.31. The number of carbonyl (C=O) groups is 2. The Kier molecular flexibility index (Phi) is 7.46. The Bertz CT molecular complexity index is 1620. The zero-order valence-electron chi connectivity index (χ0n) is 22.4. The Morgan fingerprint density at radius 2 is 1.73 bits per heavy atom. The molecular formula is C31H32N4O5. The number of amides is 2. The topological polar surface area (TPSA) is 115 Å². The van der Waals surface area contributed by atoms with Gasteiger partial charge in [0.2, 0.25) is 0 Å². The molecule has 0 spiro atoms. The zero-order chi connectivity index (χ0) is 28.4. The van der Waals surface area contributed by atoms with Crippen molar-refractivity contribution in [3.8, 4) is 5.75 Å². The molecular weight excluding hydrogens is 508 g/mol. The van der Waals surface area contributed by atoms with Gasteiger partial charge in [-0.1, -0.05) is 60.7 Å². The fourth-order valence-corrected chi connectivity index (χ4v) is 5.46. The predicted octanol–water partition coefficient (Wildman–Crippen LogP) is 4.15. The minimum Gasteiger partial charge on any atom is -0.502 e. The van der Waals surface area contributed by atoms with Gasteiger partial charge in [0.15, 0.2) is 5.75 Å². The fourth-order valence-electron chi connectivity index (χ4n) is 5.46. The third-order valence-electron chi connectivity index (χ3n) is 7.63. The van der Waals surface area contributed by atoms with Crippen molar-refractivity contribution >= 4 is 28.6 Å². The average Bonchev–Trinajstić information content (AvgIpc) is 2.96. The zero-order valence-corrected chi connectivity index (χ0v) is 22.4. The van der Waals surface area contributed by atoms with Gasteiger partial charge in [0, 0.05) is 37.8 Å². The molecule has 3 aromatic carbocycles. The molecule has 9 nitrogen and oxygen atoms in total. The van der Waals surface area contributed by atoms with Crippen molar-refractivity contribution in [2.75, 3.05) is 24.5 Å². The van der Waals surface area contributed by atoms with Crippen molar-refractivity contribution in [1.29, 1.82) is 0 Å². The molecule has 0 aliphatic carbocycles. The lowest BCUT2D eigenvalue weighted by Crippen LogP contribution is -2.55. The summed E-state index contributed by atoms with van der Waals surface area (Å²) in [5.74, 6) is -1.12. The highest BCUT2D eigenvalue weighted by atomic mass is 16.4. The SMILES string of the molecule is CC(NC(=O)c1c(O)c(=O)n(C)c2ccccc12)c1cccc(N2CCN(C(=O)O)[C@H](Cc3ccccc3)C2)c1. The van der Waals surface area contributed by atoms with Crippen LogP contribution in [0.2, 0.25) is 0 Å². The van der Waals surface area contributed by atoms with E-state index in [2.05, 4.69) is 10.2 Å². The molecule has 1 saturated heterocycles. The molecule has 40 heavy (non-hydrogen) atoms. The van der Waals surface area contributed by atoms with Gasteiger partial charge in [-0.15, -0.1) is 0 Å². The van der Waals surface area contributed by atoms with Gasteiger partial charge in [-0.3, -0.25) is 9.59 Å². The molecule has 2 heterocycles. The van der Waals surface area contributed by atoms with Crippen LogP contribution in [0.5, 0.6) is 5.75 Å². The van der Waals surface area contributed by atoms with Gasteiger partial charge in [-0.25, -0.2) is 4.79 Å². The van der Waals surface area contributed by atoms with Crippen molar-refractivity contribution in [2.45, 2.75) is 25.4 Å². The number of aromatic nitrogens is 1. The van der Waals surface area contributed by atoms with Crippen LogP contribution in [0.25, 0.3) is 10.9 Å². The van der Waals surface area contributed by atoms with E-state index < -0.39 is 29.4 Å². The molecule has 2 atom stereocenters. The number of benzene rings is 3. The van der Waals surface area contributed by atoms with Crippen LogP contribution in [0.1, 0.15) is 34.5 Å².